The van der Waals surface area contributed by atoms with Crippen molar-refractivity contribution >= 4 is 11.6 Å². The summed E-state index contributed by atoms with van der Waals surface area (Å²) in [6.07, 6.45) is 0.317. The van der Waals surface area contributed by atoms with E-state index in [1.165, 1.54) is 13.8 Å². The molecule has 1 saturated carbocycles. The SMILES string of the molecule is CC(=O)[C@@H]1[C@H](C)CC(=O)[C@]1(C)O. The van der Waals surface area contributed by atoms with E-state index < -0.39 is 11.5 Å². The fourth-order valence-electron chi connectivity index (χ4n) is 2.14. The van der Waals surface area contributed by atoms with Gasteiger partial charge >= 0.3 is 0 Å². The number of rotatable bonds is 1. The van der Waals surface area contributed by atoms with Crippen molar-refractivity contribution in [1.82, 2.24) is 0 Å². The van der Waals surface area contributed by atoms with E-state index >= 15 is 0 Å². The van der Waals surface area contributed by atoms with Crippen molar-refractivity contribution in [3.8, 4) is 0 Å². The largest absolute Gasteiger partial charge is 0.382 e. The first kappa shape index (κ1) is 9.39. The second-order valence-electron chi connectivity index (χ2n) is 3.84. The lowest BCUT2D eigenvalue weighted by Crippen LogP contribution is -2.41. The molecule has 0 aromatic heterocycles. The average molecular weight is 170 g/mol. The summed E-state index contributed by atoms with van der Waals surface area (Å²) >= 11 is 0. The molecule has 0 spiro atoms. The molecule has 1 aliphatic carbocycles. The van der Waals surface area contributed by atoms with Gasteiger partial charge in [0.1, 0.15) is 11.4 Å². The van der Waals surface area contributed by atoms with E-state index in [0.717, 1.165) is 0 Å². The van der Waals surface area contributed by atoms with Crippen LogP contribution < -0.4 is 0 Å². The van der Waals surface area contributed by atoms with E-state index in [4.69, 9.17) is 0 Å². The Morgan fingerprint density at radius 1 is 1.67 bits per heavy atom. The summed E-state index contributed by atoms with van der Waals surface area (Å²) < 4.78 is 0. The van der Waals surface area contributed by atoms with Crippen LogP contribution in [-0.4, -0.2) is 22.3 Å². The van der Waals surface area contributed by atoms with Crippen molar-refractivity contribution in [2.45, 2.75) is 32.8 Å². The number of aliphatic hydroxyl groups is 1. The molecule has 12 heavy (non-hydrogen) atoms. The van der Waals surface area contributed by atoms with E-state index in [1.54, 1.807) is 0 Å². The highest BCUT2D eigenvalue weighted by atomic mass is 16.3. The monoisotopic (exact) mass is 170 g/mol. The highest BCUT2D eigenvalue weighted by Crippen LogP contribution is 2.37. The Morgan fingerprint density at radius 3 is 2.33 bits per heavy atom. The Morgan fingerprint density at radius 2 is 2.17 bits per heavy atom. The minimum atomic E-state index is -1.43. The van der Waals surface area contributed by atoms with Crippen LogP contribution in [0.3, 0.4) is 0 Å². The summed E-state index contributed by atoms with van der Waals surface area (Å²) in [6.45, 7) is 4.69. The van der Waals surface area contributed by atoms with E-state index in [9.17, 15) is 14.7 Å². The molecular formula is C9H14O3. The van der Waals surface area contributed by atoms with Gasteiger partial charge in [-0.15, -0.1) is 0 Å². The third-order valence-electron chi connectivity index (χ3n) is 2.68. The molecule has 68 valence electrons. The van der Waals surface area contributed by atoms with Crippen LogP contribution in [0.15, 0.2) is 0 Å². The summed E-state index contributed by atoms with van der Waals surface area (Å²) in [5.74, 6) is -0.844. The van der Waals surface area contributed by atoms with Crippen LogP contribution in [0.1, 0.15) is 27.2 Å². The predicted molar refractivity (Wildman–Crippen MR) is 43.6 cm³/mol. The second kappa shape index (κ2) is 2.66. The average Bonchev–Trinajstić information content (AvgIpc) is 2.02. The number of hydrogen-bond donors (Lipinski definition) is 1. The quantitative estimate of drug-likeness (QED) is 0.625. The van der Waals surface area contributed by atoms with Crippen LogP contribution in [0.2, 0.25) is 0 Å². The normalized spacial score (nSPS) is 41.8. The minimum Gasteiger partial charge on any atom is -0.382 e. The van der Waals surface area contributed by atoms with Crippen molar-refractivity contribution < 1.29 is 14.7 Å². The van der Waals surface area contributed by atoms with Crippen molar-refractivity contribution in [2.24, 2.45) is 11.8 Å². The molecule has 0 saturated heterocycles. The van der Waals surface area contributed by atoms with Gasteiger partial charge in [0.2, 0.25) is 0 Å². The summed E-state index contributed by atoms with van der Waals surface area (Å²) in [7, 11) is 0. The highest BCUT2D eigenvalue weighted by molar-refractivity contribution is 5.97. The van der Waals surface area contributed by atoms with Gasteiger partial charge in [0.25, 0.3) is 0 Å². The number of ketones is 2. The second-order valence-corrected chi connectivity index (χ2v) is 3.84. The van der Waals surface area contributed by atoms with Gasteiger partial charge in [0.05, 0.1) is 5.92 Å². The van der Waals surface area contributed by atoms with E-state index in [2.05, 4.69) is 0 Å². The van der Waals surface area contributed by atoms with Crippen molar-refractivity contribution in [1.29, 1.82) is 0 Å². The summed E-state index contributed by atoms with van der Waals surface area (Å²) in [6, 6.07) is 0. The maximum absolute atomic E-state index is 11.2. The first-order valence-electron chi connectivity index (χ1n) is 4.13. The van der Waals surface area contributed by atoms with Crippen LogP contribution >= 0.6 is 0 Å². The maximum atomic E-state index is 11.2. The molecular weight excluding hydrogens is 156 g/mol. The van der Waals surface area contributed by atoms with Crippen molar-refractivity contribution in [2.75, 3.05) is 0 Å². The first-order chi connectivity index (χ1) is 5.37. The predicted octanol–water partition coefficient (Wildman–Crippen LogP) is 0.551. The molecule has 0 aliphatic heterocycles. The molecule has 3 atom stereocenters. The zero-order chi connectivity index (χ0) is 9.52. The van der Waals surface area contributed by atoms with Gasteiger partial charge < -0.3 is 5.11 Å². The summed E-state index contributed by atoms with van der Waals surface area (Å²) in [5.41, 5.74) is -1.43. The Labute approximate surface area is 71.8 Å². The molecule has 1 rings (SSSR count). The van der Waals surface area contributed by atoms with Gasteiger partial charge in [0.15, 0.2) is 5.78 Å². The number of carbonyl (C=O) groups is 2. The number of Topliss-reactive ketones (excluding diaryl/α,β-unsaturated/α-hetero) is 2. The van der Waals surface area contributed by atoms with Crippen LogP contribution in [0.4, 0.5) is 0 Å². The van der Waals surface area contributed by atoms with E-state index in [1.807, 2.05) is 6.92 Å². The minimum absolute atomic E-state index is 0.0231. The standard InChI is InChI=1S/C9H14O3/c1-5-4-7(11)9(3,12)8(5)6(2)10/h5,8,12H,4H2,1-3H3/t5-,8+,9+/m1/s1. The van der Waals surface area contributed by atoms with Gasteiger partial charge in [-0.1, -0.05) is 6.92 Å². The Balaban J connectivity index is 2.99. The van der Waals surface area contributed by atoms with Crippen LogP contribution in [0, 0.1) is 11.8 Å². The molecule has 0 unspecified atom stereocenters. The molecule has 0 aromatic carbocycles. The first-order valence-corrected chi connectivity index (χ1v) is 4.13. The molecule has 0 aromatic rings. The molecule has 3 nitrogen and oxygen atoms in total. The lowest BCUT2D eigenvalue weighted by Gasteiger charge is -2.23. The maximum Gasteiger partial charge on any atom is 0.165 e. The lowest BCUT2D eigenvalue weighted by molar-refractivity contribution is -0.141. The van der Waals surface area contributed by atoms with Gasteiger partial charge in [-0.05, 0) is 19.8 Å². The van der Waals surface area contributed by atoms with Gasteiger partial charge in [-0.3, -0.25) is 9.59 Å². The van der Waals surface area contributed by atoms with E-state index in [-0.39, 0.29) is 17.5 Å². The molecule has 0 heterocycles. The highest BCUT2D eigenvalue weighted by Gasteiger charge is 2.50. The zero-order valence-electron chi connectivity index (χ0n) is 7.63. The van der Waals surface area contributed by atoms with Crippen molar-refractivity contribution in [3.05, 3.63) is 0 Å². The van der Waals surface area contributed by atoms with Crippen LogP contribution in [0.25, 0.3) is 0 Å². The smallest absolute Gasteiger partial charge is 0.165 e. The van der Waals surface area contributed by atoms with Crippen LogP contribution in [-0.2, 0) is 9.59 Å². The molecule has 1 N–H and O–H groups in total. The third-order valence-corrected chi connectivity index (χ3v) is 2.68. The molecule has 0 amide bonds. The molecule has 3 heteroatoms. The molecule has 1 aliphatic rings. The zero-order valence-corrected chi connectivity index (χ0v) is 7.63. The van der Waals surface area contributed by atoms with E-state index in [0.29, 0.717) is 6.42 Å². The van der Waals surface area contributed by atoms with Crippen LogP contribution in [0.5, 0.6) is 0 Å². The Kier molecular flexibility index (Phi) is 2.08. The summed E-state index contributed by atoms with van der Waals surface area (Å²) in [4.78, 5) is 22.3. The van der Waals surface area contributed by atoms with Gasteiger partial charge in [-0.25, -0.2) is 0 Å². The summed E-state index contributed by atoms with van der Waals surface area (Å²) in [5, 5.41) is 9.69. The topological polar surface area (TPSA) is 54.4 Å². The van der Waals surface area contributed by atoms with Gasteiger partial charge in [0, 0.05) is 6.42 Å². The Hall–Kier alpha value is -0.700. The molecule has 0 radical (unpaired) electrons. The van der Waals surface area contributed by atoms with Gasteiger partial charge in [-0.2, -0.15) is 0 Å². The number of hydrogen-bond acceptors (Lipinski definition) is 3. The molecule has 0 bridgehead atoms. The number of carbonyl (C=O) groups excluding carboxylic acids is 2. The van der Waals surface area contributed by atoms with Crippen molar-refractivity contribution in [3.63, 3.8) is 0 Å². The fraction of sp³-hybridized carbons (Fsp3) is 0.778. The molecule has 1 fully saturated rings. The third kappa shape index (κ3) is 1.18. The lowest BCUT2D eigenvalue weighted by atomic mass is 9.85. The Bertz CT molecular complexity index is 230. The fourth-order valence-corrected chi connectivity index (χ4v) is 2.14.